The smallest absolute Gasteiger partial charge is 0.327 e. The molecule has 2 heterocycles. The summed E-state index contributed by atoms with van der Waals surface area (Å²) in [4.78, 5) is 24.2. The van der Waals surface area contributed by atoms with Crippen molar-refractivity contribution < 1.29 is 9.53 Å². The number of esters is 1. The number of hydrogen-bond donors (Lipinski definition) is 2. The number of aromatic nitrogens is 3. The van der Waals surface area contributed by atoms with Gasteiger partial charge < -0.3 is 20.4 Å². The molecule has 0 aliphatic rings. The van der Waals surface area contributed by atoms with Crippen molar-refractivity contribution in [2.24, 2.45) is 16.1 Å². The number of nitrogens with zero attached hydrogens (tertiary/aromatic N) is 4. The van der Waals surface area contributed by atoms with Crippen LogP contribution >= 0.6 is 0 Å². The summed E-state index contributed by atoms with van der Waals surface area (Å²) >= 11 is 0. The van der Waals surface area contributed by atoms with Gasteiger partial charge in [0.15, 0.2) is 0 Å². The number of fused-ring (bicyclic) bond motifs is 1. The van der Waals surface area contributed by atoms with Gasteiger partial charge in [0.25, 0.3) is 0 Å². The number of rotatable bonds is 7. The topological polar surface area (TPSA) is 107 Å². The molecule has 2 rings (SSSR count). The molecule has 0 amide bonds. The quantitative estimate of drug-likeness (QED) is 0.581. The molecule has 0 fully saturated rings. The molecular weight excluding hydrogens is 332 g/mol. The van der Waals surface area contributed by atoms with Crippen LogP contribution in [0.2, 0.25) is 0 Å². The van der Waals surface area contributed by atoms with Gasteiger partial charge in [-0.3, -0.25) is 9.79 Å². The summed E-state index contributed by atoms with van der Waals surface area (Å²) in [7, 11) is 0. The molecule has 0 aromatic carbocycles. The number of ether oxygens (including phenoxy) is 1. The monoisotopic (exact) mass is 358 g/mol. The van der Waals surface area contributed by atoms with E-state index in [1.807, 2.05) is 12.3 Å². The Morgan fingerprint density at radius 2 is 2.23 bits per heavy atom. The summed E-state index contributed by atoms with van der Waals surface area (Å²) in [5.74, 6) is 0.0171. The molecule has 2 aromatic rings. The van der Waals surface area contributed by atoms with Crippen LogP contribution in [0.3, 0.4) is 0 Å². The van der Waals surface area contributed by atoms with Crippen molar-refractivity contribution in [3.8, 4) is 0 Å². The predicted octanol–water partition coefficient (Wildman–Crippen LogP) is 2.32. The molecule has 26 heavy (non-hydrogen) atoms. The zero-order valence-electron chi connectivity index (χ0n) is 15.7. The molecule has 0 bridgehead atoms. The molecule has 0 radical (unpaired) electrons. The normalized spacial score (nSPS) is 12.7. The minimum Gasteiger partial charge on any atom is -0.465 e. The third kappa shape index (κ3) is 5.58. The Kier molecular flexibility index (Phi) is 6.32. The first kappa shape index (κ1) is 19.4. The second-order valence-electron chi connectivity index (χ2n) is 7.00. The summed E-state index contributed by atoms with van der Waals surface area (Å²) < 4.78 is 6.92. The lowest BCUT2D eigenvalue weighted by Crippen LogP contribution is -2.15. The number of carbonyl (C=O) groups excluding carboxylic acids is 1. The van der Waals surface area contributed by atoms with Crippen molar-refractivity contribution in [1.82, 2.24) is 14.5 Å². The Labute approximate surface area is 153 Å². The number of carbonyl (C=O) groups is 1. The van der Waals surface area contributed by atoms with Gasteiger partial charge in [-0.05, 0) is 18.4 Å². The number of aliphatic imine (C=N–C) groups is 1. The average Bonchev–Trinajstić information content (AvgIpc) is 2.94. The second kappa shape index (κ2) is 8.46. The molecule has 3 N–H and O–H groups in total. The van der Waals surface area contributed by atoms with E-state index in [0.29, 0.717) is 18.3 Å². The standard InChI is InChI=1S/C18H26N6O2/c1-5-26-15(25)11-20-10-14(8-19)22-17-21-9-13-6-7-24(16(13)23-17)12-18(2,3)4/h6-10H,5,11-12,19H2,1-4H3,(H,21,22,23). The maximum absolute atomic E-state index is 11.3. The van der Waals surface area contributed by atoms with Gasteiger partial charge in [0.05, 0.1) is 12.3 Å². The van der Waals surface area contributed by atoms with Crippen LogP contribution in [-0.4, -0.2) is 39.9 Å². The third-order valence-electron chi connectivity index (χ3n) is 3.34. The van der Waals surface area contributed by atoms with Crippen molar-refractivity contribution in [1.29, 1.82) is 0 Å². The van der Waals surface area contributed by atoms with E-state index in [1.54, 1.807) is 13.1 Å². The highest BCUT2D eigenvalue weighted by molar-refractivity contribution is 5.85. The Morgan fingerprint density at radius 1 is 1.46 bits per heavy atom. The Morgan fingerprint density at radius 3 is 2.88 bits per heavy atom. The number of anilines is 1. The van der Waals surface area contributed by atoms with Crippen molar-refractivity contribution in [3.05, 3.63) is 30.4 Å². The zero-order chi connectivity index (χ0) is 19.2. The maximum atomic E-state index is 11.3. The number of nitrogens with two attached hydrogens (primary N) is 1. The summed E-state index contributed by atoms with van der Waals surface area (Å²) in [5.41, 5.74) is 7.07. The van der Waals surface area contributed by atoms with Crippen molar-refractivity contribution >= 4 is 29.2 Å². The molecule has 2 aromatic heterocycles. The zero-order valence-corrected chi connectivity index (χ0v) is 15.7. The van der Waals surface area contributed by atoms with Gasteiger partial charge in [0.2, 0.25) is 5.95 Å². The van der Waals surface area contributed by atoms with Crippen molar-refractivity contribution in [2.45, 2.75) is 34.2 Å². The van der Waals surface area contributed by atoms with Gasteiger partial charge in [0, 0.05) is 36.7 Å². The average molecular weight is 358 g/mol. The second-order valence-corrected chi connectivity index (χ2v) is 7.00. The summed E-state index contributed by atoms with van der Waals surface area (Å²) in [5, 5.41) is 3.97. The van der Waals surface area contributed by atoms with E-state index < -0.39 is 5.97 Å². The van der Waals surface area contributed by atoms with E-state index in [9.17, 15) is 4.79 Å². The van der Waals surface area contributed by atoms with Gasteiger partial charge in [-0.2, -0.15) is 4.98 Å². The minimum atomic E-state index is -0.391. The lowest BCUT2D eigenvalue weighted by Gasteiger charge is -2.19. The molecule has 0 aliphatic carbocycles. The van der Waals surface area contributed by atoms with Crippen LogP contribution in [0.4, 0.5) is 5.95 Å². The lowest BCUT2D eigenvalue weighted by molar-refractivity contribution is -0.141. The van der Waals surface area contributed by atoms with Crippen LogP contribution in [0.1, 0.15) is 27.7 Å². The van der Waals surface area contributed by atoms with E-state index in [0.717, 1.165) is 17.6 Å². The highest BCUT2D eigenvalue weighted by atomic mass is 16.5. The highest BCUT2D eigenvalue weighted by Crippen LogP contribution is 2.21. The Hall–Kier alpha value is -2.90. The molecule has 0 atom stereocenters. The van der Waals surface area contributed by atoms with E-state index in [2.05, 4.69) is 45.6 Å². The van der Waals surface area contributed by atoms with Gasteiger partial charge in [0.1, 0.15) is 12.2 Å². The van der Waals surface area contributed by atoms with E-state index in [-0.39, 0.29) is 12.0 Å². The molecule has 8 heteroatoms. The predicted molar refractivity (Wildman–Crippen MR) is 103 cm³/mol. The minimum absolute atomic E-state index is 0.0683. The first-order valence-electron chi connectivity index (χ1n) is 8.48. The van der Waals surface area contributed by atoms with Gasteiger partial charge in [-0.1, -0.05) is 20.8 Å². The Balaban J connectivity index is 2.12. The van der Waals surface area contributed by atoms with Crippen LogP contribution in [0.25, 0.3) is 11.0 Å². The van der Waals surface area contributed by atoms with Crippen molar-refractivity contribution in [2.75, 3.05) is 18.5 Å². The fraction of sp³-hybridized carbons (Fsp3) is 0.444. The van der Waals surface area contributed by atoms with Crippen LogP contribution < -0.4 is 11.1 Å². The highest BCUT2D eigenvalue weighted by Gasteiger charge is 2.14. The first-order chi connectivity index (χ1) is 12.3. The van der Waals surface area contributed by atoms with E-state index in [1.165, 1.54) is 12.4 Å². The fourth-order valence-electron chi connectivity index (χ4n) is 2.34. The lowest BCUT2D eigenvalue weighted by atomic mass is 9.97. The fourth-order valence-corrected chi connectivity index (χ4v) is 2.34. The largest absolute Gasteiger partial charge is 0.465 e. The number of nitrogens with one attached hydrogen (secondary N) is 1. The van der Waals surface area contributed by atoms with E-state index >= 15 is 0 Å². The van der Waals surface area contributed by atoms with Gasteiger partial charge in [-0.25, -0.2) is 4.98 Å². The van der Waals surface area contributed by atoms with Crippen LogP contribution in [0, 0.1) is 5.41 Å². The summed E-state index contributed by atoms with van der Waals surface area (Å²) in [6.07, 6.45) is 6.57. The molecule has 0 spiro atoms. The molecule has 0 saturated heterocycles. The molecule has 0 saturated carbocycles. The molecular formula is C18H26N6O2. The van der Waals surface area contributed by atoms with Crippen LogP contribution in [-0.2, 0) is 16.1 Å². The third-order valence-corrected chi connectivity index (χ3v) is 3.34. The van der Waals surface area contributed by atoms with Crippen molar-refractivity contribution in [3.63, 3.8) is 0 Å². The molecule has 8 nitrogen and oxygen atoms in total. The first-order valence-corrected chi connectivity index (χ1v) is 8.48. The number of hydrogen-bond acceptors (Lipinski definition) is 7. The number of allylic oxidation sites excluding steroid dienone is 1. The molecule has 0 aliphatic heterocycles. The van der Waals surface area contributed by atoms with Gasteiger partial charge in [-0.15, -0.1) is 0 Å². The Bertz CT molecular complexity index is 817. The maximum Gasteiger partial charge on any atom is 0.327 e. The molecule has 0 unspecified atom stereocenters. The van der Waals surface area contributed by atoms with Gasteiger partial charge >= 0.3 is 5.97 Å². The molecule has 140 valence electrons. The summed E-state index contributed by atoms with van der Waals surface area (Å²) in [6, 6.07) is 1.99. The summed E-state index contributed by atoms with van der Waals surface area (Å²) in [6.45, 7) is 9.37. The van der Waals surface area contributed by atoms with E-state index in [4.69, 9.17) is 10.5 Å². The van der Waals surface area contributed by atoms with Crippen LogP contribution in [0.5, 0.6) is 0 Å². The SMILES string of the molecule is CCOC(=O)CN=CC(=CN)Nc1ncc2ccn(CC(C)(C)C)c2n1. The van der Waals surface area contributed by atoms with Crippen LogP contribution in [0.15, 0.2) is 35.3 Å².